The van der Waals surface area contributed by atoms with E-state index in [1.165, 1.54) is 12.8 Å². The Bertz CT molecular complexity index is 392. The Morgan fingerprint density at radius 2 is 1.57 bits per heavy atom. The van der Waals surface area contributed by atoms with E-state index in [4.69, 9.17) is 5.73 Å². The molecule has 4 nitrogen and oxygen atoms in total. The van der Waals surface area contributed by atoms with Gasteiger partial charge in [-0.3, -0.25) is 9.69 Å². The van der Waals surface area contributed by atoms with E-state index in [1.807, 2.05) is 6.92 Å². The van der Waals surface area contributed by atoms with Crippen LogP contribution in [0.3, 0.4) is 0 Å². The fraction of sp³-hybridized carbons (Fsp3) is 0.941. The predicted octanol–water partition coefficient (Wildman–Crippen LogP) is 2.13. The summed E-state index contributed by atoms with van der Waals surface area (Å²) in [5, 5.41) is 3.28. The lowest BCUT2D eigenvalue weighted by molar-refractivity contribution is -0.137. The lowest BCUT2D eigenvalue weighted by Gasteiger charge is -2.63. The largest absolute Gasteiger partial charge is 0.351 e. The van der Waals surface area contributed by atoms with Gasteiger partial charge in [-0.25, -0.2) is 0 Å². The molecule has 1 heterocycles. The lowest BCUT2D eigenvalue weighted by Crippen LogP contribution is -2.76. The first-order chi connectivity index (χ1) is 9.51. The molecule has 2 rings (SSSR count). The van der Waals surface area contributed by atoms with Gasteiger partial charge < -0.3 is 11.1 Å². The number of rotatable bonds is 3. The summed E-state index contributed by atoms with van der Waals surface area (Å²) in [4.78, 5) is 15.1. The summed E-state index contributed by atoms with van der Waals surface area (Å²) < 4.78 is 0. The van der Waals surface area contributed by atoms with Gasteiger partial charge in [-0.15, -0.1) is 0 Å². The van der Waals surface area contributed by atoms with E-state index in [0.717, 1.165) is 0 Å². The van der Waals surface area contributed by atoms with Gasteiger partial charge in [0.05, 0.1) is 6.04 Å². The van der Waals surface area contributed by atoms with Gasteiger partial charge >= 0.3 is 0 Å². The van der Waals surface area contributed by atoms with Crippen molar-refractivity contribution in [2.75, 3.05) is 0 Å². The van der Waals surface area contributed by atoms with E-state index in [9.17, 15) is 4.79 Å². The van der Waals surface area contributed by atoms with E-state index >= 15 is 0 Å². The highest BCUT2D eigenvalue weighted by molar-refractivity contribution is 5.82. The first-order valence-corrected chi connectivity index (χ1v) is 8.34. The maximum Gasteiger partial charge on any atom is 0.237 e. The zero-order chi connectivity index (χ0) is 16.2. The minimum atomic E-state index is -0.0686. The van der Waals surface area contributed by atoms with Crippen LogP contribution < -0.4 is 11.1 Å². The van der Waals surface area contributed by atoms with Gasteiger partial charge in [0.25, 0.3) is 0 Å². The van der Waals surface area contributed by atoms with Crippen molar-refractivity contribution in [2.45, 2.75) is 91.5 Å². The molecular formula is C17H33N3O. The number of hydrogen-bond acceptors (Lipinski definition) is 3. The Hall–Kier alpha value is -0.610. The fourth-order valence-electron chi connectivity index (χ4n) is 4.93. The molecule has 1 saturated carbocycles. The Balaban J connectivity index is 2.05. The second-order valence-corrected chi connectivity index (χ2v) is 8.46. The molecule has 0 radical (unpaired) electrons. The van der Waals surface area contributed by atoms with Gasteiger partial charge in [-0.05, 0) is 33.6 Å². The molecule has 1 amide bonds. The molecule has 1 saturated heterocycles. The minimum absolute atomic E-state index is 0.0406. The SMILES string of the molecule is CC1CCC(C)N1C(C)C(=O)NC1C(C)(C)C(N)C1(C)C. The molecule has 0 aromatic rings. The average molecular weight is 295 g/mol. The highest BCUT2D eigenvalue weighted by Crippen LogP contribution is 2.52. The van der Waals surface area contributed by atoms with Gasteiger partial charge in [-0.1, -0.05) is 27.7 Å². The minimum Gasteiger partial charge on any atom is -0.351 e. The van der Waals surface area contributed by atoms with Crippen LogP contribution in [0.2, 0.25) is 0 Å². The van der Waals surface area contributed by atoms with Crippen molar-refractivity contribution in [1.29, 1.82) is 0 Å². The normalized spacial score (nSPS) is 39.6. The number of carbonyl (C=O) groups excluding carboxylic acids is 1. The number of nitrogens with two attached hydrogens (primary N) is 1. The first kappa shape index (κ1) is 16.8. The molecule has 0 bridgehead atoms. The van der Waals surface area contributed by atoms with Gasteiger partial charge in [-0.2, -0.15) is 0 Å². The van der Waals surface area contributed by atoms with Gasteiger partial charge in [0, 0.05) is 35.0 Å². The fourth-order valence-corrected chi connectivity index (χ4v) is 4.93. The predicted molar refractivity (Wildman–Crippen MR) is 86.9 cm³/mol. The summed E-state index contributed by atoms with van der Waals surface area (Å²) in [6, 6.07) is 1.18. The summed E-state index contributed by atoms with van der Waals surface area (Å²) in [5.41, 5.74) is 6.20. The van der Waals surface area contributed by atoms with Crippen LogP contribution in [0.5, 0.6) is 0 Å². The number of nitrogens with one attached hydrogen (secondary N) is 1. The maximum absolute atomic E-state index is 12.7. The molecule has 3 atom stereocenters. The molecule has 1 aliphatic heterocycles. The van der Waals surface area contributed by atoms with E-state index in [1.54, 1.807) is 0 Å². The number of likely N-dealkylation sites (tertiary alicyclic amines) is 1. The Labute approximate surface area is 129 Å². The topological polar surface area (TPSA) is 58.4 Å². The smallest absolute Gasteiger partial charge is 0.237 e. The summed E-state index contributed by atoms with van der Waals surface area (Å²) in [6.45, 7) is 15.1. The van der Waals surface area contributed by atoms with E-state index in [-0.39, 0.29) is 34.9 Å². The number of amides is 1. The van der Waals surface area contributed by atoms with Crippen LogP contribution in [-0.2, 0) is 4.79 Å². The third-order valence-electron chi connectivity index (χ3n) is 6.22. The average Bonchev–Trinajstić information content (AvgIpc) is 2.73. The van der Waals surface area contributed by atoms with Gasteiger partial charge in [0.2, 0.25) is 5.91 Å². The summed E-state index contributed by atoms with van der Waals surface area (Å²) in [5.74, 6) is 0.147. The van der Waals surface area contributed by atoms with Crippen molar-refractivity contribution >= 4 is 5.91 Å². The van der Waals surface area contributed by atoms with E-state index in [2.05, 4.69) is 51.8 Å². The summed E-state index contributed by atoms with van der Waals surface area (Å²) in [7, 11) is 0. The van der Waals surface area contributed by atoms with Crippen LogP contribution in [-0.4, -0.2) is 41.0 Å². The van der Waals surface area contributed by atoms with Crippen molar-refractivity contribution in [3.8, 4) is 0 Å². The zero-order valence-electron chi connectivity index (χ0n) is 14.7. The highest BCUT2D eigenvalue weighted by atomic mass is 16.2. The number of hydrogen-bond donors (Lipinski definition) is 2. The molecular weight excluding hydrogens is 262 g/mol. The number of nitrogens with zero attached hydrogens (tertiary/aromatic N) is 1. The summed E-state index contributed by atoms with van der Waals surface area (Å²) >= 11 is 0. The molecule has 1 aliphatic carbocycles. The van der Waals surface area contributed by atoms with Crippen molar-refractivity contribution in [1.82, 2.24) is 10.2 Å². The second kappa shape index (κ2) is 5.24. The van der Waals surface area contributed by atoms with Crippen LogP contribution >= 0.6 is 0 Å². The van der Waals surface area contributed by atoms with Crippen LogP contribution in [0.1, 0.15) is 61.3 Å². The second-order valence-electron chi connectivity index (χ2n) is 8.46. The molecule has 2 aliphatic rings. The van der Waals surface area contributed by atoms with Crippen LogP contribution in [0.25, 0.3) is 0 Å². The zero-order valence-corrected chi connectivity index (χ0v) is 14.7. The third kappa shape index (κ3) is 2.50. The maximum atomic E-state index is 12.7. The highest BCUT2D eigenvalue weighted by Gasteiger charge is 2.60. The standard InChI is InChI=1S/C17H33N3O/c1-10-8-9-11(2)20(10)12(3)13(21)19-15-16(4,5)14(18)17(15,6)7/h10-12,14-15H,8-9,18H2,1-7H3,(H,19,21). The monoisotopic (exact) mass is 295 g/mol. The third-order valence-corrected chi connectivity index (χ3v) is 6.22. The van der Waals surface area contributed by atoms with Crippen LogP contribution in [0, 0.1) is 10.8 Å². The van der Waals surface area contributed by atoms with E-state index < -0.39 is 0 Å². The van der Waals surface area contributed by atoms with Gasteiger partial charge in [0.1, 0.15) is 0 Å². The van der Waals surface area contributed by atoms with Gasteiger partial charge in [0.15, 0.2) is 0 Å². The molecule has 4 heteroatoms. The molecule has 122 valence electrons. The Kier molecular flexibility index (Phi) is 4.18. The Morgan fingerprint density at radius 3 is 2.00 bits per heavy atom. The molecule has 21 heavy (non-hydrogen) atoms. The lowest BCUT2D eigenvalue weighted by atomic mass is 9.48. The Morgan fingerprint density at radius 1 is 1.14 bits per heavy atom. The van der Waals surface area contributed by atoms with Crippen molar-refractivity contribution < 1.29 is 4.79 Å². The summed E-state index contributed by atoms with van der Waals surface area (Å²) in [6.07, 6.45) is 2.37. The molecule has 3 N–H and O–H groups in total. The first-order valence-electron chi connectivity index (χ1n) is 8.34. The van der Waals surface area contributed by atoms with Crippen LogP contribution in [0.4, 0.5) is 0 Å². The number of carbonyl (C=O) groups is 1. The van der Waals surface area contributed by atoms with Crippen molar-refractivity contribution in [3.05, 3.63) is 0 Å². The van der Waals surface area contributed by atoms with Crippen molar-refractivity contribution in [3.63, 3.8) is 0 Å². The molecule has 3 unspecified atom stereocenters. The molecule has 0 aromatic heterocycles. The van der Waals surface area contributed by atoms with Crippen molar-refractivity contribution in [2.24, 2.45) is 16.6 Å². The molecule has 2 fully saturated rings. The molecule has 0 spiro atoms. The van der Waals surface area contributed by atoms with Crippen LogP contribution in [0.15, 0.2) is 0 Å². The van der Waals surface area contributed by atoms with E-state index in [0.29, 0.717) is 12.1 Å². The quantitative estimate of drug-likeness (QED) is 0.838. The molecule has 0 aromatic carbocycles.